The highest BCUT2D eigenvalue weighted by Crippen LogP contribution is 2.27. The smallest absolute Gasteiger partial charge is 0.262 e. The van der Waals surface area contributed by atoms with Crippen molar-refractivity contribution in [3.8, 4) is 5.75 Å². The Morgan fingerprint density at radius 1 is 1.23 bits per heavy atom. The van der Waals surface area contributed by atoms with Crippen molar-refractivity contribution in [3.63, 3.8) is 0 Å². The van der Waals surface area contributed by atoms with Crippen LogP contribution < -0.4 is 10.1 Å². The molecule has 4 aromatic rings. The van der Waals surface area contributed by atoms with Crippen LogP contribution in [-0.2, 0) is 16.1 Å². The minimum Gasteiger partial charge on any atom is -0.483 e. The maximum Gasteiger partial charge on any atom is 0.262 e. The third kappa shape index (κ3) is 4.16. The number of rotatable bonds is 8. The van der Waals surface area contributed by atoms with E-state index in [0.29, 0.717) is 24.0 Å². The number of carbonyl (C=O) groups is 1. The molecule has 7 heteroatoms. The number of aromatic amines is 1. The van der Waals surface area contributed by atoms with Crippen molar-refractivity contribution >= 4 is 33.5 Å². The zero-order valence-electron chi connectivity index (χ0n) is 17.4. The molecular weight excluding hydrogens is 380 g/mol. The number of anilines is 1. The third-order valence-electron chi connectivity index (χ3n) is 5.00. The Bertz CT molecular complexity index is 1180. The van der Waals surface area contributed by atoms with Crippen molar-refractivity contribution in [2.45, 2.75) is 26.3 Å². The fraction of sp³-hybridized carbons (Fsp3) is 0.304. The molecule has 0 radical (unpaired) electrons. The molecular formula is C23H26N4O3. The highest BCUT2D eigenvalue weighted by atomic mass is 16.5. The van der Waals surface area contributed by atoms with Gasteiger partial charge in [-0.15, -0.1) is 0 Å². The Labute approximate surface area is 175 Å². The number of fused-ring (bicyclic) bond motifs is 2. The van der Waals surface area contributed by atoms with E-state index in [0.717, 1.165) is 34.3 Å². The molecule has 0 unspecified atom stereocenters. The van der Waals surface area contributed by atoms with Gasteiger partial charge in [0, 0.05) is 36.8 Å². The summed E-state index contributed by atoms with van der Waals surface area (Å²) in [7, 11) is 1.69. The number of aromatic nitrogens is 3. The first-order valence-electron chi connectivity index (χ1n) is 10.0. The van der Waals surface area contributed by atoms with E-state index >= 15 is 0 Å². The molecule has 156 valence electrons. The Hall–Kier alpha value is -3.32. The lowest BCUT2D eigenvalue weighted by Gasteiger charge is -2.10. The lowest BCUT2D eigenvalue weighted by atomic mass is 10.2. The van der Waals surface area contributed by atoms with Crippen LogP contribution in [0.1, 0.15) is 25.6 Å². The second kappa shape index (κ2) is 8.59. The maximum absolute atomic E-state index is 12.4. The number of ether oxygens (including phenoxy) is 2. The van der Waals surface area contributed by atoms with E-state index in [-0.39, 0.29) is 12.5 Å². The molecule has 0 aliphatic carbocycles. The summed E-state index contributed by atoms with van der Waals surface area (Å²) in [6.07, 6.45) is 2.00. The van der Waals surface area contributed by atoms with Crippen molar-refractivity contribution < 1.29 is 14.3 Å². The van der Waals surface area contributed by atoms with Gasteiger partial charge in [-0.2, -0.15) is 0 Å². The standard InChI is InChI=1S/C23H26N4O3/c1-15(2)23-25-18-8-7-16(13-19(18)26-23)24-22(28)14-30-21-6-4-5-20-17(21)9-10-27(20)11-12-29-3/h4-10,13,15H,11-12,14H2,1-3H3,(H,24,28)(H,25,26). The molecule has 2 heterocycles. The highest BCUT2D eigenvalue weighted by Gasteiger charge is 2.11. The molecule has 4 rings (SSSR count). The van der Waals surface area contributed by atoms with Crippen LogP contribution in [0.5, 0.6) is 5.75 Å². The Morgan fingerprint density at radius 3 is 2.90 bits per heavy atom. The summed E-state index contributed by atoms with van der Waals surface area (Å²) in [5.74, 6) is 1.72. The van der Waals surface area contributed by atoms with Crippen molar-refractivity contribution in [1.29, 1.82) is 0 Å². The molecule has 2 aromatic carbocycles. The molecule has 0 bridgehead atoms. The van der Waals surface area contributed by atoms with Crippen LogP contribution in [-0.4, -0.2) is 40.8 Å². The summed E-state index contributed by atoms with van der Waals surface area (Å²) in [4.78, 5) is 20.3. The molecule has 0 aliphatic rings. The van der Waals surface area contributed by atoms with Crippen molar-refractivity contribution in [2.75, 3.05) is 25.6 Å². The molecule has 0 saturated carbocycles. The summed E-state index contributed by atoms with van der Waals surface area (Å²) in [5, 5.41) is 3.86. The SMILES string of the molecule is COCCn1ccc2c(OCC(=O)Nc3ccc4nc(C(C)C)[nH]c4c3)cccc21. The van der Waals surface area contributed by atoms with Gasteiger partial charge in [-0.05, 0) is 36.4 Å². The second-order valence-electron chi connectivity index (χ2n) is 7.54. The fourth-order valence-electron chi connectivity index (χ4n) is 3.43. The lowest BCUT2D eigenvalue weighted by Crippen LogP contribution is -2.20. The minimum absolute atomic E-state index is 0.0688. The van der Waals surface area contributed by atoms with E-state index in [9.17, 15) is 4.79 Å². The summed E-state index contributed by atoms with van der Waals surface area (Å²) >= 11 is 0. The molecule has 2 aromatic heterocycles. The summed E-state index contributed by atoms with van der Waals surface area (Å²) < 4.78 is 13.1. The van der Waals surface area contributed by atoms with E-state index in [2.05, 4.69) is 33.7 Å². The highest BCUT2D eigenvalue weighted by molar-refractivity contribution is 5.94. The average molecular weight is 406 g/mol. The zero-order chi connectivity index (χ0) is 21.1. The number of benzene rings is 2. The number of amides is 1. The fourth-order valence-corrected chi connectivity index (χ4v) is 3.43. The normalized spacial score (nSPS) is 11.5. The molecule has 0 atom stereocenters. The molecule has 2 N–H and O–H groups in total. The third-order valence-corrected chi connectivity index (χ3v) is 5.00. The molecule has 1 amide bonds. The first-order chi connectivity index (χ1) is 14.5. The van der Waals surface area contributed by atoms with Gasteiger partial charge >= 0.3 is 0 Å². The van der Waals surface area contributed by atoms with Gasteiger partial charge < -0.3 is 24.3 Å². The van der Waals surface area contributed by atoms with E-state index < -0.39 is 0 Å². The van der Waals surface area contributed by atoms with E-state index in [4.69, 9.17) is 9.47 Å². The minimum atomic E-state index is -0.214. The number of H-pyrrole nitrogens is 1. The largest absolute Gasteiger partial charge is 0.483 e. The van der Waals surface area contributed by atoms with Crippen LogP contribution in [0, 0.1) is 0 Å². The van der Waals surface area contributed by atoms with Crippen LogP contribution in [0.3, 0.4) is 0 Å². The van der Waals surface area contributed by atoms with Crippen LogP contribution in [0.4, 0.5) is 5.69 Å². The van der Waals surface area contributed by atoms with Gasteiger partial charge in [0.2, 0.25) is 0 Å². The second-order valence-corrected chi connectivity index (χ2v) is 7.54. The van der Waals surface area contributed by atoms with Crippen LogP contribution >= 0.6 is 0 Å². The Morgan fingerprint density at radius 2 is 2.10 bits per heavy atom. The molecule has 7 nitrogen and oxygen atoms in total. The van der Waals surface area contributed by atoms with Crippen LogP contribution in [0.25, 0.3) is 21.9 Å². The number of methoxy groups -OCH3 is 1. The Kier molecular flexibility index (Phi) is 5.72. The molecule has 0 spiro atoms. The van der Waals surface area contributed by atoms with E-state index in [1.807, 2.05) is 48.7 Å². The monoisotopic (exact) mass is 406 g/mol. The predicted molar refractivity (Wildman–Crippen MR) is 118 cm³/mol. The number of nitrogens with one attached hydrogen (secondary N) is 2. The summed E-state index contributed by atoms with van der Waals surface area (Å²) in [5.41, 5.74) is 3.55. The van der Waals surface area contributed by atoms with E-state index in [1.54, 1.807) is 7.11 Å². The number of hydrogen-bond donors (Lipinski definition) is 2. The van der Waals surface area contributed by atoms with Crippen molar-refractivity contribution in [1.82, 2.24) is 14.5 Å². The molecule has 0 saturated heterocycles. The average Bonchev–Trinajstić information content (AvgIpc) is 3.35. The van der Waals surface area contributed by atoms with E-state index in [1.165, 1.54) is 0 Å². The van der Waals surface area contributed by atoms with Crippen LogP contribution in [0.15, 0.2) is 48.7 Å². The number of hydrogen-bond acceptors (Lipinski definition) is 4. The predicted octanol–water partition coefficient (Wildman–Crippen LogP) is 4.30. The number of nitrogens with zero attached hydrogens (tertiary/aromatic N) is 2. The Balaban J connectivity index is 1.42. The molecule has 0 aliphatic heterocycles. The molecule has 30 heavy (non-hydrogen) atoms. The van der Waals surface area contributed by atoms with Gasteiger partial charge in [-0.25, -0.2) is 4.98 Å². The number of imidazole rings is 1. The first-order valence-corrected chi connectivity index (χ1v) is 10.0. The van der Waals surface area contributed by atoms with Crippen LogP contribution in [0.2, 0.25) is 0 Å². The van der Waals surface area contributed by atoms with Crippen molar-refractivity contribution in [2.24, 2.45) is 0 Å². The first kappa shape index (κ1) is 20.0. The summed E-state index contributed by atoms with van der Waals surface area (Å²) in [6.45, 7) is 5.50. The van der Waals surface area contributed by atoms with Gasteiger partial charge in [0.05, 0.1) is 23.2 Å². The van der Waals surface area contributed by atoms with Gasteiger partial charge in [0.15, 0.2) is 6.61 Å². The zero-order valence-corrected chi connectivity index (χ0v) is 17.4. The lowest BCUT2D eigenvalue weighted by molar-refractivity contribution is -0.118. The van der Waals surface area contributed by atoms with Gasteiger partial charge in [-0.1, -0.05) is 19.9 Å². The van der Waals surface area contributed by atoms with Crippen molar-refractivity contribution in [3.05, 3.63) is 54.5 Å². The van der Waals surface area contributed by atoms with Gasteiger partial charge in [-0.3, -0.25) is 4.79 Å². The van der Waals surface area contributed by atoms with Gasteiger partial charge in [0.25, 0.3) is 5.91 Å². The maximum atomic E-state index is 12.4. The number of carbonyl (C=O) groups excluding carboxylic acids is 1. The quantitative estimate of drug-likeness (QED) is 0.457. The van der Waals surface area contributed by atoms with Gasteiger partial charge in [0.1, 0.15) is 11.6 Å². The topological polar surface area (TPSA) is 81.2 Å². The molecule has 0 fully saturated rings. The summed E-state index contributed by atoms with van der Waals surface area (Å²) in [6, 6.07) is 13.5.